The predicted molar refractivity (Wildman–Crippen MR) is 71.8 cm³/mol. The van der Waals surface area contributed by atoms with Crippen molar-refractivity contribution in [3.8, 4) is 0 Å². The molecule has 17 heavy (non-hydrogen) atoms. The fourth-order valence-corrected chi connectivity index (χ4v) is 1.94. The van der Waals surface area contributed by atoms with E-state index in [0.717, 1.165) is 19.5 Å². The molecule has 1 heterocycles. The standard InChI is InChI=1S/C14H24N2O/c1-5-9-16(12-14(3,17)6-2)11-13-8-7-10-15(13)4/h6-8,10,17H,2,5,9,11-12H2,1,3-4H3. The van der Waals surface area contributed by atoms with Crippen LogP contribution in [0.2, 0.25) is 0 Å². The Bertz CT molecular complexity index is 355. The molecule has 0 saturated carbocycles. The molecular weight excluding hydrogens is 212 g/mol. The number of aromatic nitrogens is 1. The summed E-state index contributed by atoms with van der Waals surface area (Å²) in [6.45, 7) is 10.1. The van der Waals surface area contributed by atoms with Gasteiger partial charge in [0.1, 0.15) is 0 Å². The number of hydrogen-bond acceptors (Lipinski definition) is 2. The van der Waals surface area contributed by atoms with Crippen molar-refractivity contribution in [1.82, 2.24) is 9.47 Å². The van der Waals surface area contributed by atoms with Crippen LogP contribution < -0.4 is 0 Å². The van der Waals surface area contributed by atoms with E-state index in [9.17, 15) is 5.11 Å². The third kappa shape index (κ3) is 4.36. The Labute approximate surface area is 104 Å². The molecule has 0 saturated heterocycles. The summed E-state index contributed by atoms with van der Waals surface area (Å²) < 4.78 is 2.12. The van der Waals surface area contributed by atoms with E-state index >= 15 is 0 Å². The van der Waals surface area contributed by atoms with Crippen LogP contribution in [0.3, 0.4) is 0 Å². The number of rotatable bonds is 7. The lowest BCUT2D eigenvalue weighted by molar-refractivity contribution is 0.0580. The largest absolute Gasteiger partial charge is 0.385 e. The number of hydrogen-bond donors (Lipinski definition) is 1. The Balaban J connectivity index is 2.66. The summed E-state index contributed by atoms with van der Waals surface area (Å²) in [5, 5.41) is 10.1. The lowest BCUT2D eigenvalue weighted by Crippen LogP contribution is -2.39. The second-order valence-electron chi connectivity index (χ2n) is 4.88. The maximum absolute atomic E-state index is 10.1. The highest BCUT2D eigenvalue weighted by Gasteiger charge is 2.20. The zero-order valence-electron chi connectivity index (χ0n) is 11.2. The third-order valence-corrected chi connectivity index (χ3v) is 2.96. The first kappa shape index (κ1) is 14.0. The molecule has 0 amide bonds. The first-order valence-corrected chi connectivity index (χ1v) is 6.17. The molecule has 1 atom stereocenters. The van der Waals surface area contributed by atoms with Crippen LogP contribution in [0, 0.1) is 0 Å². The van der Waals surface area contributed by atoms with Crippen molar-refractivity contribution in [3.05, 3.63) is 36.7 Å². The first-order chi connectivity index (χ1) is 7.98. The van der Waals surface area contributed by atoms with Gasteiger partial charge < -0.3 is 9.67 Å². The lowest BCUT2D eigenvalue weighted by Gasteiger charge is -2.29. The zero-order valence-corrected chi connectivity index (χ0v) is 11.2. The van der Waals surface area contributed by atoms with Gasteiger partial charge in [0.25, 0.3) is 0 Å². The Morgan fingerprint density at radius 3 is 2.76 bits per heavy atom. The minimum atomic E-state index is -0.819. The van der Waals surface area contributed by atoms with Crippen molar-refractivity contribution < 1.29 is 5.11 Å². The van der Waals surface area contributed by atoms with Crippen molar-refractivity contribution in [3.63, 3.8) is 0 Å². The van der Waals surface area contributed by atoms with E-state index in [1.165, 1.54) is 5.69 Å². The second-order valence-corrected chi connectivity index (χ2v) is 4.88. The van der Waals surface area contributed by atoms with Gasteiger partial charge in [0.05, 0.1) is 5.60 Å². The van der Waals surface area contributed by atoms with E-state index in [2.05, 4.69) is 29.0 Å². The number of aliphatic hydroxyl groups is 1. The molecule has 0 aromatic carbocycles. The van der Waals surface area contributed by atoms with Crippen LogP contribution in [0.25, 0.3) is 0 Å². The van der Waals surface area contributed by atoms with Gasteiger partial charge in [-0.2, -0.15) is 0 Å². The van der Waals surface area contributed by atoms with E-state index < -0.39 is 5.60 Å². The van der Waals surface area contributed by atoms with Crippen LogP contribution in [-0.4, -0.2) is 33.3 Å². The lowest BCUT2D eigenvalue weighted by atomic mass is 10.1. The highest BCUT2D eigenvalue weighted by molar-refractivity contribution is 5.07. The molecule has 3 heteroatoms. The van der Waals surface area contributed by atoms with Crippen molar-refractivity contribution in [2.24, 2.45) is 7.05 Å². The fraction of sp³-hybridized carbons (Fsp3) is 0.571. The Kier molecular flexibility index (Phi) is 4.97. The molecular formula is C14H24N2O. The smallest absolute Gasteiger partial charge is 0.0923 e. The summed E-state index contributed by atoms with van der Waals surface area (Å²) in [5.74, 6) is 0. The molecule has 1 aromatic heterocycles. The summed E-state index contributed by atoms with van der Waals surface area (Å²) in [6, 6.07) is 4.16. The summed E-state index contributed by atoms with van der Waals surface area (Å²) in [6.07, 6.45) is 4.74. The Hall–Kier alpha value is -1.06. The van der Waals surface area contributed by atoms with E-state index in [1.807, 2.05) is 19.3 Å². The number of aryl methyl sites for hydroxylation is 1. The van der Waals surface area contributed by atoms with Crippen LogP contribution in [0.5, 0.6) is 0 Å². The molecule has 1 N–H and O–H groups in total. The maximum Gasteiger partial charge on any atom is 0.0923 e. The zero-order chi connectivity index (χ0) is 12.9. The molecule has 0 spiro atoms. The van der Waals surface area contributed by atoms with E-state index in [-0.39, 0.29) is 0 Å². The SMILES string of the molecule is C=CC(C)(O)CN(CCC)Cc1cccn1C. The van der Waals surface area contributed by atoms with Gasteiger partial charge in [0.15, 0.2) is 0 Å². The third-order valence-electron chi connectivity index (χ3n) is 2.96. The molecule has 96 valence electrons. The monoisotopic (exact) mass is 236 g/mol. The number of nitrogens with zero attached hydrogens (tertiary/aromatic N) is 2. The van der Waals surface area contributed by atoms with Gasteiger partial charge in [0, 0.05) is 32.0 Å². The molecule has 0 aliphatic rings. The first-order valence-electron chi connectivity index (χ1n) is 6.17. The molecule has 1 unspecified atom stereocenters. The highest BCUT2D eigenvalue weighted by Crippen LogP contribution is 2.12. The van der Waals surface area contributed by atoms with Gasteiger partial charge in [-0.25, -0.2) is 0 Å². The van der Waals surface area contributed by atoms with Gasteiger partial charge in [-0.3, -0.25) is 4.90 Å². The highest BCUT2D eigenvalue weighted by atomic mass is 16.3. The van der Waals surface area contributed by atoms with Gasteiger partial charge in [-0.1, -0.05) is 13.0 Å². The van der Waals surface area contributed by atoms with Crippen molar-refractivity contribution >= 4 is 0 Å². The van der Waals surface area contributed by atoms with Crippen molar-refractivity contribution in [2.75, 3.05) is 13.1 Å². The summed E-state index contributed by atoms with van der Waals surface area (Å²) in [7, 11) is 2.05. The van der Waals surface area contributed by atoms with Crippen LogP contribution in [0.15, 0.2) is 31.0 Å². The van der Waals surface area contributed by atoms with Crippen LogP contribution in [0.4, 0.5) is 0 Å². The van der Waals surface area contributed by atoms with Crippen molar-refractivity contribution in [1.29, 1.82) is 0 Å². The molecule has 1 aromatic rings. The van der Waals surface area contributed by atoms with Gasteiger partial charge in [0.2, 0.25) is 0 Å². The Morgan fingerprint density at radius 1 is 1.59 bits per heavy atom. The second kappa shape index (κ2) is 6.03. The molecule has 0 aliphatic carbocycles. The summed E-state index contributed by atoms with van der Waals surface area (Å²) in [4.78, 5) is 2.26. The molecule has 0 bridgehead atoms. The van der Waals surface area contributed by atoms with Gasteiger partial charge in [-0.15, -0.1) is 6.58 Å². The normalized spacial score (nSPS) is 14.9. The van der Waals surface area contributed by atoms with Gasteiger partial charge >= 0.3 is 0 Å². The minimum absolute atomic E-state index is 0.621. The van der Waals surface area contributed by atoms with Crippen LogP contribution >= 0.6 is 0 Å². The van der Waals surface area contributed by atoms with E-state index in [4.69, 9.17) is 0 Å². The minimum Gasteiger partial charge on any atom is -0.385 e. The average Bonchev–Trinajstić information content (AvgIpc) is 2.64. The summed E-state index contributed by atoms with van der Waals surface area (Å²) in [5.41, 5.74) is 0.443. The Morgan fingerprint density at radius 2 is 2.29 bits per heavy atom. The topological polar surface area (TPSA) is 28.4 Å². The summed E-state index contributed by atoms with van der Waals surface area (Å²) >= 11 is 0. The van der Waals surface area contributed by atoms with Crippen LogP contribution in [-0.2, 0) is 13.6 Å². The predicted octanol–water partition coefficient (Wildman–Crippen LogP) is 2.17. The van der Waals surface area contributed by atoms with Gasteiger partial charge in [-0.05, 0) is 32.0 Å². The molecule has 0 radical (unpaired) electrons. The molecule has 1 rings (SSSR count). The average molecular weight is 236 g/mol. The molecule has 0 fully saturated rings. The van der Waals surface area contributed by atoms with Crippen molar-refractivity contribution in [2.45, 2.75) is 32.4 Å². The molecule has 0 aliphatic heterocycles. The van der Waals surface area contributed by atoms with Crippen LogP contribution in [0.1, 0.15) is 26.0 Å². The molecule has 3 nitrogen and oxygen atoms in total. The maximum atomic E-state index is 10.1. The quantitative estimate of drug-likeness (QED) is 0.735. The van der Waals surface area contributed by atoms with E-state index in [0.29, 0.717) is 6.54 Å². The van der Waals surface area contributed by atoms with E-state index in [1.54, 1.807) is 13.0 Å². The fourth-order valence-electron chi connectivity index (χ4n) is 1.94.